The molecule has 0 atom stereocenters. The van der Waals surface area contributed by atoms with E-state index in [0.717, 1.165) is 16.0 Å². The number of esters is 1. The number of methoxy groups -OCH3 is 2. The molecule has 0 unspecified atom stereocenters. The molecule has 1 fully saturated rings. The largest absolute Gasteiger partial charge is 0.497 e. The van der Waals surface area contributed by atoms with Crippen LogP contribution < -0.4 is 9.47 Å². The Morgan fingerprint density at radius 2 is 1.80 bits per heavy atom. The van der Waals surface area contributed by atoms with Crippen LogP contribution in [0.25, 0.3) is 0 Å². The van der Waals surface area contributed by atoms with Crippen LogP contribution >= 0.6 is 11.8 Å². The van der Waals surface area contributed by atoms with E-state index < -0.39 is 5.79 Å². The predicted molar refractivity (Wildman–Crippen MR) is 115 cm³/mol. The molecular weight excluding hydrogens is 404 g/mol. The molecule has 2 aromatic carbocycles. The van der Waals surface area contributed by atoms with Gasteiger partial charge in [0.05, 0.1) is 33.0 Å². The van der Waals surface area contributed by atoms with Crippen LogP contribution in [0.5, 0.6) is 11.5 Å². The van der Waals surface area contributed by atoms with Gasteiger partial charge in [0.25, 0.3) is 0 Å². The van der Waals surface area contributed by atoms with Gasteiger partial charge in [0.15, 0.2) is 0 Å². The molecule has 2 aromatic rings. The summed E-state index contributed by atoms with van der Waals surface area (Å²) in [5, 5.41) is 0. The fourth-order valence-corrected chi connectivity index (χ4v) is 3.88. The van der Waals surface area contributed by atoms with Crippen molar-refractivity contribution in [3.05, 3.63) is 65.7 Å². The number of hydrogen-bond donors (Lipinski definition) is 0. The fourth-order valence-electron chi connectivity index (χ4n) is 3.15. The Morgan fingerprint density at radius 1 is 1.10 bits per heavy atom. The Balaban J connectivity index is 1.76. The lowest BCUT2D eigenvalue weighted by Crippen LogP contribution is -2.29. The summed E-state index contributed by atoms with van der Waals surface area (Å²) in [5.41, 5.74) is 2.07. The lowest BCUT2D eigenvalue weighted by molar-refractivity contribution is -0.138. The van der Waals surface area contributed by atoms with Crippen molar-refractivity contribution in [2.75, 3.05) is 39.8 Å². The van der Waals surface area contributed by atoms with Crippen molar-refractivity contribution in [1.82, 2.24) is 0 Å². The van der Waals surface area contributed by atoms with Gasteiger partial charge in [0.1, 0.15) is 18.1 Å². The van der Waals surface area contributed by atoms with Crippen LogP contribution in [-0.4, -0.2) is 45.8 Å². The summed E-state index contributed by atoms with van der Waals surface area (Å²) < 4.78 is 28.2. The van der Waals surface area contributed by atoms with E-state index in [-0.39, 0.29) is 5.97 Å². The molecule has 0 N–H and O–H groups in total. The molecular formula is C23H26O6S. The highest BCUT2D eigenvalue weighted by Gasteiger charge is 2.43. The van der Waals surface area contributed by atoms with E-state index in [1.165, 1.54) is 0 Å². The Hall–Kier alpha value is -2.48. The zero-order valence-electron chi connectivity index (χ0n) is 17.4. The number of thioether (sulfide) groups is 1. The molecule has 0 bridgehead atoms. The molecule has 1 heterocycles. The van der Waals surface area contributed by atoms with E-state index in [2.05, 4.69) is 6.58 Å². The van der Waals surface area contributed by atoms with E-state index in [4.69, 9.17) is 23.7 Å². The summed E-state index contributed by atoms with van der Waals surface area (Å²) in [7, 11) is 3.23. The second-order valence-electron chi connectivity index (χ2n) is 6.67. The number of carbonyl (C=O) groups excluding carboxylic acids is 1. The first-order valence-electron chi connectivity index (χ1n) is 9.56. The van der Waals surface area contributed by atoms with Crippen molar-refractivity contribution in [1.29, 1.82) is 0 Å². The highest BCUT2D eigenvalue weighted by molar-refractivity contribution is 7.99. The van der Waals surface area contributed by atoms with Gasteiger partial charge in [-0.2, -0.15) is 0 Å². The van der Waals surface area contributed by atoms with Crippen molar-refractivity contribution in [3.8, 4) is 11.5 Å². The monoisotopic (exact) mass is 430 g/mol. The van der Waals surface area contributed by atoms with E-state index in [9.17, 15) is 4.79 Å². The number of ether oxygens (including phenoxy) is 5. The van der Waals surface area contributed by atoms with Crippen LogP contribution in [0.1, 0.15) is 18.1 Å². The Kier molecular flexibility index (Phi) is 7.42. The first-order valence-corrected chi connectivity index (χ1v) is 10.5. The van der Waals surface area contributed by atoms with Gasteiger partial charge < -0.3 is 23.7 Å². The van der Waals surface area contributed by atoms with Crippen LogP contribution in [0.15, 0.2) is 59.5 Å². The quantitative estimate of drug-likeness (QED) is 0.256. The minimum atomic E-state index is -1.03. The number of carbonyl (C=O) groups is 1. The molecule has 0 spiro atoms. The average molecular weight is 431 g/mol. The SMILES string of the molecule is C=C(C)C(=O)OCCSc1ccc(C2(c3ccc(OC)cc3OC)OCCO2)cc1. The van der Waals surface area contributed by atoms with Crippen LogP contribution in [0.3, 0.4) is 0 Å². The Labute approximate surface area is 181 Å². The standard InChI is InChI=1S/C23H26O6S/c1-16(2)22(24)27-13-14-30-19-8-5-17(6-9-19)23(28-11-12-29-23)20-10-7-18(25-3)15-21(20)26-4/h5-10,15H,1,11-14H2,2-4H3. The second kappa shape index (κ2) is 10.0. The van der Waals surface area contributed by atoms with E-state index in [1.807, 2.05) is 42.5 Å². The number of benzene rings is 2. The zero-order chi connectivity index (χ0) is 21.6. The smallest absolute Gasteiger partial charge is 0.333 e. The molecule has 0 radical (unpaired) electrons. The molecule has 0 aliphatic carbocycles. The van der Waals surface area contributed by atoms with Gasteiger partial charge in [-0.3, -0.25) is 0 Å². The average Bonchev–Trinajstić information content (AvgIpc) is 3.27. The van der Waals surface area contributed by atoms with Gasteiger partial charge in [0.2, 0.25) is 5.79 Å². The summed E-state index contributed by atoms with van der Waals surface area (Å²) in [6.45, 7) is 6.51. The van der Waals surface area contributed by atoms with Gasteiger partial charge in [0, 0.05) is 27.9 Å². The molecule has 1 aliphatic heterocycles. The summed E-state index contributed by atoms with van der Waals surface area (Å²) in [6.07, 6.45) is 0. The molecule has 3 rings (SSSR count). The van der Waals surface area contributed by atoms with Crippen molar-refractivity contribution < 1.29 is 28.5 Å². The Morgan fingerprint density at radius 3 is 2.40 bits per heavy atom. The highest BCUT2D eigenvalue weighted by atomic mass is 32.2. The normalized spacial score (nSPS) is 14.9. The molecule has 0 amide bonds. The maximum Gasteiger partial charge on any atom is 0.333 e. The first-order chi connectivity index (χ1) is 14.5. The minimum Gasteiger partial charge on any atom is -0.497 e. The third-order valence-corrected chi connectivity index (χ3v) is 5.60. The fraction of sp³-hybridized carbons (Fsp3) is 0.348. The van der Waals surface area contributed by atoms with Gasteiger partial charge >= 0.3 is 5.97 Å². The summed E-state index contributed by atoms with van der Waals surface area (Å²) in [4.78, 5) is 12.5. The summed E-state index contributed by atoms with van der Waals surface area (Å²) in [5.74, 6) is 0.592. The second-order valence-corrected chi connectivity index (χ2v) is 7.84. The Bertz CT molecular complexity index is 887. The van der Waals surface area contributed by atoms with Crippen LogP contribution in [-0.2, 0) is 24.8 Å². The van der Waals surface area contributed by atoms with E-state index in [0.29, 0.717) is 42.6 Å². The van der Waals surface area contributed by atoms with Crippen LogP contribution in [0.4, 0.5) is 0 Å². The molecule has 7 heteroatoms. The molecule has 1 aliphatic rings. The molecule has 0 saturated carbocycles. The summed E-state index contributed by atoms with van der Waals surface area (Å²) in [6, 6.07) is 13.6. The summed E-state index contributed by atoms with van der Waals surface area (Å²) >= 11 is 1.60. The molecule has 6 nitrogen and oxygen atoms in total. The van der Waals surface area contributed by atoms with Gasteiger partial charge in [-0.25, -0.2) is 4.79 Å². The lowest BCUT2D eigenvalue weighted by atomic mass is 9.96. The molecule has 30 heavy (non-hydrogen) atoms. The van der Waals surface area contributed by atoms with Crippen molar-refractivity contribution in [3.63, 3.8) is 0 Å². The topological polar surface area (TPSA) is 63.2 Å². The highest BCUT2D eigenvalue weighted by Crippen LogP contribution is 2.44. The van der Waals surface area contributed by atoms with E-state index in [1.54, 1.807) is 32.9 Å². The van der Waals surface area contributed by atoms with Crippen molar-refractivity contribution >= 4 is 17.7 Å². The van der Waals surface area contributed by atoms with Gasteiger partial charge in [-0.15, -0.1) is 11.8 Å². The number of hydrogen-bond acceptors (Lipinski definition) is 7. The first kappa shape index (κ1) is 22.2. The molecule has 1 saturated heterocycles. The minimum absolute atomic E-state index is 0.331. The maximum absolute atomic E-state index is 11.4. The van der Waals surface area contributed by atoms with Gasteiger partial charge in [-0.1, -0.05) is 18.7 Å². The van der Waals surface area contributed by atoms with E-state index >= 15 is 0 Å². The predicted octanol–water partition coefficient (Wildman–Crippen LogP) is 4.16. The van der Waals surface area contributed by atoms with Crippen LogP contribution in [0, 0.1) is 0 Å². The lowest BCUT2D eigenvalue weighted by Gasteiger charge is -2.30. The van der Waals surface area contributed by atoms with Crippen LogP contribution in [0.2, 0.25) is 0 Å². The third kappa shape index (κ3) is 4.80. The third-order valence-electron chi connectivity index (χ3n) is 4.63. The van der Waals surface area contributed by atoms with Crippen molar-refractivity contribution in [2.45, 2.75) is 17.6 Å². The maximum atomic E-state index is 11.4. The zero-order valence-corrected chi connectivity index (χ0v) is 18.3. The molecule has 0 aromatic heterocycles. The van der Waals surface area contributed by atoms with Crippen molar-refractivity contribution in [2.24, 2.45) is 0 Å². The number of rotatable bonds is 9. The molecule has 160 valence electrons. The van der Waals surface area contributed by atoms with Gasteiger partial charge in [-0.05, 0) is 31.2 Å².